The third-order valence-electron chi connectivity index (χ3n) is 1.92. The molecular formula is C9H8FN3OS. The molecule has 1 aliphatic rings. The van der Waals surface area contributed by atoms with Crippen LogP contribution in [0, 0.1) is 0 Å². The van der Waals surface area contributed by atoms with Crippen LogP contribution < -0.4 is 5.01 Å². The van der Waals surface area contributed by atoms with E-state index in [1.165, 1.54) is 11.1 Å². The Morgan fingerprint density at radius 3 is 2.93 bits per heavy atom. The summed E-state index contributed by atoms with van der Waals surface area (Å²) in [6.45, 7) is 1.77. The van der Waals surface area contributed by atoms with Crippen molar-refractivity contribution in [2.45, 2.75) is 18.4 Å². The fraction of sp³-hybridized carbons (Fsp3) is 0.222. The van der Waals surface area contributed by atoms with Crippen LogP contribution in [0.5, 0.6) is 0 Å². The fourth-order valence-electron chi connectivity index (χ4n) is 1.30. The first-order valence-corrected chi connectivity index (χ1v) is 5.05. The van der Waals surface area contributed by atoms with E-state index in [2.05, 4.69) is 10.1 Å². The summed E-state index contributed by atoms with van der Waals surface area (Å²) in [5.41, 5.74) is 0.736. The van der Waals surface area contributed by atoms with Gasteiger partial charge in [-0.15, -0.1) is 0 Å². The number of carbonyl (C=O) groups is 1. The van der Waals surface area contributed by atoms with E-state index in [1.54, 1.807) is 19.1 Å². The quantitative estimate of drug-likeness (QED) is 0.774. The standard InChI is InChI=1S/C9H8FN3OS/c1-6-5-9(14)13(12-6)7-3-2-4-8(11-7)15-10/h2-4H,5H2,1H3. The van der Waals surface area contributed by atoms with Crippen molar-refractivity contribution in [2.75, 3.05) is 5.01 Å². The predicted molar refractivity (Wildman–Crippen MR) is 56.4 cm³/mol. The monoisotopic (exact) mass is 225 g/mol. The van der Waals surface area contributed by atoms with E-state index in [4.69, 9.17) is 0 Å². The summed E-state index contributed by atoms with van der Waals surface area (Å²) in [5, 5.41) is 5.45. The van der Waals surface area contributed by atoms with Gasteiger partial charge in [0.25, 0.3) is 5.91 Å². The van der Waals surface area contributed by atoms with Crippen LogP contribution in [0.25, 0.3) is 0 Å². The number of hydrazone groups is 1. The van der Waals surface area contributed by atoms with Crippen molar-refractivity contribution in [2.24, 2.45) is 5.10 Å². The summed E-state index contributed by atoms with van der Waals surface area (Å²) >= 11 is 0.0462. The van der Waals surface area contributed by atoms with Crippen LogP contribution in [0.1, 0.15) is 13.3 Å². The molecular weight excluding hydrogens is 217 g/mol. The predicted octanol–water partition coefficient (Wildman–Crippen LogP) is 2.17. The summed E-state index contributed by atoms with van der Waals surface area (Å²) in [6.07, 6.45) is 0.300. The zero-order valence-electron chi connectivity index (χ0n) is 7.98. The van der Waals surface area contributed by atoms with Crippen LogP contribution >= 0.6 is 12.1 Å². The highest BCUT2D eigenvalue weighted by Crippen LogP contribution is 2.22. The second kappa shape index (κ2) is 3.98. The van der Waals surface area contributed by atoms with Crippen LogP contribution in [-0.4, -0.2) is 16.6 Å². The van der Waals surface area contributed by atoms with Gasteiger partial charge in [0.2, 0.25) is 0 Å². The summed E-state index contributed by atoms with van der Waals surface area (Å²) in [6, 6.07) is 4.80. The molecule has 0 spiro atoms. The summed E-state index contributed by atoms with van der Waals surface area (Å²) < 4.78 is 12.3. The Hall–Kier alpha value is -1.43. The molecule has 0 aliphatic carbocycles. The van der Waals surface area contributed by atoms with Gasteiger partial charge < -0.3 is 0 Å². The largest absolute Gasteiger partial charge is 0.272 e. The van der Waals surface area contributed by atoms with Crippen LogP contribution in [0.15, 0.2) is 28.3 Å². The summed E-state index contributed by atoms with van der Waals surface area (Å²) in [4.78, 5) is 15.4. The van der Waals surface area contributed by atoms with Gasteiger partial charge in [-0.1, -0.05) is 6.07 Å². The highest BCUT2D eigenvalue weighted by molar-refractivity contribution is 7.94. The fourth-order valence-corrected chi connectivity index (χ4v) is 1.56. The molecule has 0 fully saturated rings. The second-order valence-electron chi connectivity index (χ2n) is 3.13. The molecule has 6 heteroatoms. The van der Waals surface area contributed by atoms with Crippen LogP contribution in [0.3, 0.4) is 0 Å². The van der Waals surface area contributed by atoms with Crippen molar-refractivity contribution >= 4 is 29.6 Å². The molecule has 78 valence electrons. The lowest BCUT2D eigenvalue weighted by Crippen LogP contribution is -2.20. The number of amides is 1. The molecule has 0 unspecified atom stereocenters. The molecule has 15 heavy (non-hydrogen) atoms. The van der Waals surface area contributed by atoms with Crippen molar-refractivity contribution in [1.82, 2.24) is 4.98 Å². The van der Waals surface area contributed by atoms with Crippen molar-refractivity contribution in [1.29, 1.82) is 0 Å². The second-order valence-corrected chi connectivity index (χ2v) is 3.70. The maximum atomic E-state index is 12.3. The van der Waals surface area contributed by atoms with Gasteiger partial charge in [0.1, 0.15) is 17.2 Å². The van der Waals surface area contributed by atoms with Crippen LogP contribution in [0.2, 0.25) is 0 Å². The Morgan fingerprint density at radius 1 is 1.53 bits per heavy atom. The SMILES string of the molecule is CC1=NN(c2cccc(SF)n2)C(=O)C1. The highest BCUT2D eigenvalue weighted by Gasteiger charge is 2.23. The third kappa shape index (κ3) is 1.99. The van der Waals surface area contributed by atoms with E-state index in [9.17, 15) is 8.68 Å². The number of aromatic nitrogens is 1. The summed E-state index contributed by atoms with van der Waals surface area (Å²) in [5.74, 6) is 0.223. The number of halogens is 1. The molecule has 0 radical (unpaired) electrons. The first-order valence-electron chi connectivity index (χ1n) is 4.33. The minimum absolute atomic E-state index is 0.0462. The minimum atomic E-state index is -0.138. The van der Waals surface area contributed by atoms with Crippen molar-refractivity contribution < 1.29 is 8.68 Å². The number of carbonyl (C=O) groups excluding carboxylic acids is 1. The molecule has 1 aromatic heterocycles. The van der Waals surface area contributed by atoms with E-state index in [0.29, 0.717) is 12.2 Å². The van der Waals surface area contributed by atoms with E-state index in [-0.39, 0.29) is 23.1 Å². The Balaban J connectivity index is 2.33. The molecule has 2 rings (SSSR count). The third-order valence-corrected chi connectivity index (χ3v) is 2.30. The number of hydrogen-bond acceptors (Lipinski definition) is 4. The van der Waals surface area contributed by atoms with Gasteiger partial charge in [-0.05, 0) is 19.1 Å². The lowest BCUT2D eigenvalue weighted by atomic mass is 10.3. The van der Waals surface area contributed by atoms with E-state index < -0.39 is 0 Å². The molecule has 4 nitrogen and oxygen atoms in total. The first-order chi connectivity index (χ1) is 7.20. The number of pyridine rings is 1. The number of anilines is 1. The smallest absolute Gasteiger partial charge is 0.254 e. The van der Waals surface area contributed by atoms with E-state index in [1.807, 2.05) is 0 Å². The Labute approximate surface area is 90.5 Å². The molecule has 0 aromatic carbocycles. The minimum Gasteiger partial charge on any atom is -0.272 e. The van der Waals surface area contributed by atoms with Gasteiger partial charge in [0.05, 0.1) is 6.42 Å². The van der Waals surface area contributed by atoms with Gasteiger partial charge in [-0.25, -0.2) is 4.98 Å². The molecule has 0 atom stereocenters. The first kappa shape index (κ1) is 10.1. The maximum Gasteiger partial charge on any atom is 0.254 e. The van der Waals surface area contributed by atoms with Crippen molar-refractivity contribution in [3.05, 3.63) is 18.2 Å². The molecule has 1 aliphatic heterocycles. The van der Waals surface area contributed by atoms with Gasteiger partial charge in [-0.3, -0.25) is 4.79 Å². The molecule has 0 N–H and O–H groups in total. The van der Waals surface area contributed by atoms with Crippen LogP contribution in [0.4, 0.5) is 9.70 Å². The Bertz CT molecular complexity index is 435. The molecule has 1 aromatic rings. The number of rotatable bonds is 2. The lowest BCUT2D eigenvalue weighted by molar-refractivity contribution is -0.116. The van der Waals surface area contributed by atoms with Crippen molar-refractivity contribution in [3.8, 4) is 0 Å². The molecule has 0 saturated heterocycles. The van der Waals surface area contributed by atoms with Gasteiger partial charge in [-0.2, -0.15) is 14.0 Å². The zero-order chi connectivity index (χ0) is 10.8. The van der Waals surface area contributed by atoms with Crippen LogP contribution in [-0.2, 0) is 4.79 Å². The zero-order valence-corrected chi connectivity index (χ0v) is 8.79. The normalized spacial score (nSPS) is 15.7. The highest BCUT2D eigenvalue weighted by atomic mass is 32.2. The van der Waals surface area contributed by atoms with Crippen molar-refractivity contribution in [3.63, 3.8) is 0 Å². The maximum absolute atomic E-state index is 12.3. The van der Waals surface area contributed by atoms with E-state index in [0.717, 1.165) is 5.71 Å². The average Bonchev–Trinajstić information content (AvgIpc) is 2.58. The summed E-state index contributed by atoms with van der Waals surface area (Å²) in [7, 11) is 0. The Morgan fingerprint density at radius 2 is 2.33 bits per heavy atom. The molecule has 1 amide bonds. The molecule has 0 bridgehead atoms. The number of hydrogen-bond donors (Lipinski definition) is 0. The topological polar surface area (TPSA) is 45.6 Å². The average molecular weight is 225 g/mol. The van der Waals surface area contributed by atoms with Gasteiger partial charge in [0.15, 0.2) is 5.82 Å². The lowest BCUT2D eigenvalue weighted by Gasteiger charge is -2.10. The number of nitrogens with zero attached hydrogens (tertiary/aromatic N) is 3. The van der Waals surface area contributed by atoms with E-state index >= 15 is 0 Å². The molecule has 0 saturated carbocycles. The molecule has 2 heterocycles. The van der Waals surface area contributed by atoms with Gasteiger partial charge >= 0.3 is 0 Å². The Kier molecular flexibility index (Phi) is 2.68. The van der Waals surface area contributed by atoms with Gasteiger partial charge in [0, 0.05) is 5.71 Å².